The molecule has 0 amide bonds. The third-order valence-corrected chi connectivity index (χ3v) is 4.81. The fourth-order valence-electron chi connectivity index (χ4n) is 3.85. The van der Waals surface area contributed by atoms with Crippen molar-refractivity contribution in [1.29, 1.82) is 0 Å². The Balaban J connectivity index is 1.96. The quantitative estimate of drug-likeness (QED) is 0.848. The van der Waals surface area contributed by atoms with Crippen LogP contribution in [0.25, 0.3) is 0 Å². The van der Waals surface area contributed by atoms with Crippen LogP contribution in [0.1, 0.15) is 48.9 Å². The molecule has 5 nitrogen and oxygen atoms in total. The highest BCUT2D eigenvalue weighted by molar-refractivity contribution is 5.95. The molecule has 0 aromatic carbocycles. The first-order valence-corrected chi connectivity index (χ1v) is 7.81. The van der Waals surface area contributed by atoms with E-state index in [1.54, 1.807) is 12.3 Å². The van der Waals surface area contributed by atoms with Gasteiger partial charge in [-0.1, -0.05) is 12.8 Å². The minimum Gasteiger partial charge on any atom is -0.465 e. The molecule has 0 bridgehead atoms. The summed E-state index contributed by atoms with van der Waals surface area (Å²) in [7, 11) is 1.40. The van der Waals surface area contributed by atoms with Crippen LogP contribution in [-0.2, 0) is 4.74 Å². The van der Waals surface area contributed by atoms with Crippen LogP contribution in [0.2, 0.25) is 0 Å². The summed E-state index contributed by atoms with van der Waals surface area (Å²) in [5, 5.41) is 0. The van der Waals surface area contributed by atoms with E-state index in [4.69, 9.17) is 10.5 Å². The first kappa shape index (κ1) is 14.2. The molecule has 2 aliphatic rings. The molecular weight excluding hydrogens is 266 g/mol. The maximum absolute atomic E-state index is 12.0. The zero-order chi connectivity index (χ0) is 14.8. The summed E-state index contributed by atoms with van der Waals surface area (Å²) in [6, 6.07) is 2.19. The summed E-state index contributed by atoms with van der Waals surface area (Å²) in [6.07, 6.45) is 9.17. The van der Waals surface area contributed by atoms with Crippen LogP contribution in [0.3, 0.4) is 0 Å². The Kier molecular flexibility index (Phi) is 3.99. The Morgan fingerprint density at radius 2 is 2.10 bits per heavy atom. The molecule has 114 valence electrons. The number of fused-ring (bicyclic) bond motifs is 1. The van der Waals surface area contributed by atoms with Gasteiger partial charge in [-0.15, -0.1) is 0 Å². The maximum atomic E-state index is 12.0. The summed E-state index contributed by atoms with van der Waals surface area (Å²) >= 11 is 0. The van der Waals surface area contributed by atoms with Crippen LogP contribution in [0.5, 0.6) is 0 Å². The molecule has 0 spiro atoms. The molecule has 3 rings (SSSR count). The number of nitrogens with two attached hydrogens (primary N) is 1. The number of nitrogen functional groups attached to an aromatic ring is 1. The highest BCUT2D eigenvalue weighted by atomic mass is 16.5. The molecule has 1 saturated heterocycles. The molecule has 5 heteroatoms. The average molecular weight is 289 g/mol. The van der Waals surface area contributed by atoms with Crippen molar-refractivity contribution < 1.29 is 9.53 Å². The lowest BCUT2D eigenvalue weighted by Gasteiger charge is -2.45. The predicted octanol–water partition coefficient (Wildman–Crippen LogP) is 2.61. The zero-order valence-corrected chi connectivity index (χ0v) is 12.5. The number of pyridine rings is 1. The second kappa shape index (κ2) is 5.92. The summed E-state index contributed by atoms with van der Waals surface area (Å²) in [5.41, 5.74) is 6.78. The van der Waals surface area contributed by atoms with E-state index in [1.165, 1.54) is 39.2 Å². The van der Waals surface area contributed by atoms with Gasteiger partial charge in [0.2, 0.25) is 0 Å². The van der Waals surface area contributed by atoms with Gasteiger partial charge < -0.3 is 15.4 Å². The number of methoxy groups -OCH3 is 1. The van der Waals surface area contributed by atoms with E-state index in [-0.39, 0.29) is 5.97 Å². The van der Waals surface area contributed by atoms with Crippen LogP contribution in [0.4, 0.5) is 11.5 Å². The first-order valence-electron chi connectivity index (χ1n) is 7.81. The Labute approximate surface area is 125 Å². The Morgan fingerprint density at radius 3 is 2.90 bits per heavy atom. The van der Waals surface area contributed by atoms with Crippen molar-refractivity contribution >= 4 is 17.5 Å². The summed E-state index contributed by atoms with van der Waals surface area (Å²) in [4.78, 5) is 18.8. The summed E-state index contributed by atoms with van der Waals surface area (Å²) in [5.74, 6) is 1.12. The molecule has 2 unspecified atom stereocenters. The van der Waals surface area contributed by atoms with Gasteiger partial charge in [-0.2, -0.15) is 0 Å². The number of aromatic nitrogens is 1. The van der Waals surface area contributed by atoms with Gasteiger partial charge in [-0.3, -0.25) is 0 Å². The third kappa shape index (κ3) is 2.69. The van der Waals surface area contributed by atoms with Crippen LogP contribution in [0, 0.1) is 5.92 Å². The lowest BCUT2D eigenvalue weighted by atomic mass is 9.78. The molecular formula is C16H23N3O2. The second-order valence-electron chi connectivity index (χ2n) is 6.08. The number of piperidine rings is 1. The molecule has 1 aromatic heterocycles. The van der Waals surface area contributed by atoms with E-state index in [0.29, 0.717) is 17.3 Å². The molecule has 2 atom stereocenters. The van der Waals surface area contributed by atoms with Gasteiger partial charge in [0.25, 0.3) is 0 Å². The molecule has 1 aliphatic carbocycles. The normalized spacial score (nSPS) is 25.3. The monoisotopic (exact) mass is 289 g/mol. The third-order valence-electron chi connectivity index (χ3n) is 4.81. The van der Waals surface area contributed by atoms with Crippen molar-refractivity contribution in [3.05, 3.63) is 17.8 Å². The van der Waals surface area contributed by atoms with Crippen molar-refractivity contribution in [1.82, 2.24) is 4.98 Å². The highest BCUT2D eigenvalue weighted by Crippen LogP contribution is 2.38. The highest BCUT2D eigenvalue weighted by Gasteiger charge is 2.35. The van der Waals surface area contributed by atoms with Crippen molar-refractivity contribution in [2.75, 3.05) is 24.3 Å². The standard InChI is InChI=1S/C16H23N3O2/c1-21-16(20)13-9-12(17)10-18-15(13)19-8-4-6-11-5-2-3-7-14(11)19/h9-11,14H,2-8,17H2,1H3. The van der Waals surface area contributed by atoms with Gasteiger partial charge in [0.1, 0.15) is 11.4 Å². The molecule has 2 heterocycles. The van der Waals surface area contributed by atoms with E-state index in [1.807, 2.05) is 0 Å². The topological polar surface area (TPSA) is 68.5 Å². The van der Waals surface area contributed by atoms with Gasteiger partial charge in [0, 0.05) is 12.6 Å². The number of carbonyl (C=O) groups excluding carboxylic acids is 1. The summed E-state index contributed by atoms with van der Waals surface area (Å²) < 4.78 is 4.90. The Bertz CT molecular complexity index is 530. The SMILES string of the molecule is COC(=O)c1cc(N)cnc1N1CCCC2CCCCC21. The Hall–Kier alpha value is -1.78. The van der Waals surface area contributed by atoms with Crippen molar-refractivity contribution in [3.63, 3.8) is 0 Å². The number of nitrogens with zero attached hydrogens (tertiary/aromatic N) is 2. The van der Waals surface area contributed by atoms with Crippen LogP contribution >= 0.6 is 0 Å². The van der Waals surface area contributed by atoms with Crippen molar-refractivity contribution in [2.45, 2.75) is 44.6 Å². The molecule has 21 heavy (non-hydrogen) atoms. The van der Waals surface area contributed by atoms with Gasteiger partial charge in [0.15, 0.2) is 0 Å². The van der Waals surface area contributed by atoms with E-state index in [9.17, 15) is 4.79 Å². The smallest absolute Gasteiger partial charge is 0.341 e. The predicted molar refractivity (Wildman–Crippen MR) is 82.3 cm³/mol. The van der Waals surface area contributed by atoms with Crippen LogP contribution < -0.4 is 10.6 Å². The number of rotatable bonds is 2. The van der Waals surface area contributed by atoms with Gasteiger partial charge in [-0.25, -0.2) is 9.78 Å². The zero-order valence-electron chi connectivity index (χ0n) is 12.5. The number of carbonyl (C=O) groups is 1. The molecule has 2 N–H and O–H groups in total. The van der Waals surface area contributed by atoms with Crippen LogP contribution in [-0.4, -0.2) is 30.6 Å². The second-order valence-corrected chi connectivity index (χ2v) is 6.08. The number of anilines is 2. The molecule has 1 saturated carbocycles. The average Bonchev–Trinajstić information content (AvgIpc) is 2.53. The first-order chi connectivity index (χ1) is 10.2. The maximum Gasteiger partial charge on any atom is 0.341 e. The summed E-state index contributed by atoms with van der Waals surface area (Å²) in [6.45, 7) is 0.960. The fraction of sp³-hybridized carbons (Fsp3) is 0.625. The van der Waals surface area contributed by atoms with E-state index in [0.717, 1.165) is 24.7 Å². The minimum atomic E-state index is -0.359. The van der Waals surface area contributed by atoms with Crippen molar-refractivity contribution in [3.8, 4) is 0 Å². The van der Waals surface area contributed by atoms with Gasteiger partial charge in [-0.05, 0) is 37.7 Å². The largest absolute Gasteiger partial charge is 0.465 e. The molecule has 2 fully saturated rings. The van der Waals surface area contributed by atoms with E-state index >= 15 is 0 Å². The lowest BCUT2D eigenvalue weighted by molar-refractivity contribution is 0.0600. The Morgan fingerprint density at radius 1 is 1.33 bits per heavy atom. The van der Waals surface area contributed by atoms with Crippen LogP contribution in [0.15, 0.2) is 12.3 Å². The number of ether oxygens (including phenoxy) is 1. The fourth-order valence-corrected chi connectivity index (χ4v) is 3.85. The molecule has 1 aromatic rings. The number of hydrogen-bond donors (Lipinski definition) is 1. The van der Waals surface area contributed by atoms with E-state index in [2.05, 4.69) is 9.88 Å². The van der Waals surface area contributed by atoms with Gasteiger partial charge in [0.05, 0.1) is 19.0 Å². The van der Waals surface area contributed by atoms with Crippen molar-refractivity contribution in [2.24, 2.45) is 5.92 Å². The van der Waals surface area contributed by atoms with E-state index < -0.39 is 0 Å². The minimum absolute atomic E-state index is 0.359. The number of hydrogen-bond acceptors (Lipinski definition) is 5. The van der Waals surface area contributed by atoms with Gasteiger partial charge >= 0.3 is 5.97 Å². The molecule has 0 radical (unpaired) electrons. The molecule has 1 aliphatic heterocycles. The number of esters is 1. The lowest BCUT2D eigenvalue weighted by Crippen LogP contribution is -2.47.